The molecule has 3 aromatic rings. The molecule has 0 bridgehead atoms. The normalized spacial score (nSPS) is 18.4. The van der Waals surface area contributed by atoms with Gasteiger partial charge in [0, 0.05) is 34.9 Å². The number of fused-ring (bicyclic) bond motifs is 1. The minimum Gasteiger partial charge on any atom is -0.497 e. The third kappa shape index (κ3) is 4.13. The number of hydrogen-bond donors (Lipinski definition) is 1. The van der Waals surface area contributed by atoms with Crippen molar-refractivity contribution in [2.24, 2.45) is 5.41 Å². The first-order chi connectivity index (χ1) is 16.8. The summed E-state index contributed by atoms with van der Waals surface area (Å²) in [5.74, 6) is 3.38. The number of carbonyl (C=O) groups is 1. The van der Waals surface area contributed by atoms with E-state index in [0.717, 1.165) is 29.0 Å². The zero-order valence-electron chi connectivity index (χ0n) is 20.7. The predicted octanol–water partition coefficient (Wildman–Crippen LogP) is 5.02. The maximum atomic E-state index is 13.5. The molecular formula is C27H30N4O4. The summed E-state index contributed by atoms with van der Waals surface area (Å²) in [5, 5.41) is 8.29. The molecule has 8 heteroatoms. The highest BCUT2D eigenvalue weighted by Gasteiger charge is 2.42. The fraction of sp³-hybridized carbons (Fsp3) is 0.370. The van der Waals surface area contributed by atoms with Crippen LogP contribution in [0.1, 0.15) is 45.2 Å². The molecule has 1 aliphatic heterocycles. The first-order valence-corrected chi connectivity index (χ1v) is 11.8. The average Bonchev–Trinajstić information content (AvgIpc) is 3.26. The number of nitrogens with one attached hydrogen (secondary N) is 1. The molecule has 2 aromatic carbocycles. The molecule has 2 aliphatic rings. The molecule has 1 aromatic heterocycles. The van der Waals surface area contributed by atoms with E-state index in [1.807, 2.05) is 49.4 Å². The molecule has 5 rings (SSSR count). The Hall–Kier alpha value is -3.81. The molecule has 182 valence electrons. The van der Waals surface area contributed by atoms with Gasteiger partial charge in [0.15, 0.2) is 11.6 Å². The number of anilines is 1. The summed E-state index contributed by atoms with van der Waals surface area (Å²) in [4.78, 5) is 18.3. The number of carbonyl (C=O) groups excluding carboxylic acids is 1. The van der Waals surface area contributed by atoms with E-state index in [1.54, 1.807) is 18.9 Å². The molecule has 0 saturated carbocycles. The second-order valence-corrected chi connectivity index (χ2v) is 9.63. The van der Waals surface area contributed by atoms with Gasteiger partial charge in [0.2, 0.25) is 5.95 Å². The second kappa shape index (κ2) is 8.76. The lowest BCUT2D eigenvalue weighted by molar-refractivity contribution is -0.118. The molecule has 1 unspecified atom stereocenters. The van der Waals surface area contributed by atoms with Crippen molar-refractivity contribution in [3.8, 4) is 28.6 Å². The van der Waals surface area contributed by atoms with E-state index >= 15 is 0 Å². The first-order valence-electron chi connectivity index (χ1n) is 11.8. The number of methoxy groups -OCH3 is 2. The molecule has 0 saturated heterocycles. The van der Waals surface area contributed by atoms with E-state index in [9.17, 15) is 4.79 Å². The predicted molar refractivity (Wildman–Crippen MR) is 133 cm³/mol. The third-order valence-corrected chi connectivity index (χ3v) is 6.49. The molecular weight excluding hydrogens is 444 g/mol. The van der Waals surface area contributed by atoms with Gasteiger partial charge in [-0.2, -0.15) is 4.98 Å². The van der Waals surface area contributed by atoms with Crippen molar-refractivity contribution in [3.05, 3.63) is 59.3 Å². The summed E-state index contributed by atoms with van der Waals surface area (Å²) >= 11 is 0. The molecule has 1 aliphatic carbocycles. The average molecular weight is 475 g/mol. The second-order valence-electron chi connectivity index (χ2n) is 9.63. The molecule has 2 heterocycles. The Labute approximate surface area is 204 Å². The lowest BCUT2D eigenvalue weighted by Crippen LogP contribution is -2.36. The smallest absolute Gasteiger partial charge is 0.226 e. The highest BCUT2D eigenvalue weighted by atomic mass is 16.5. The standard InChI is InChI=1S/C27H30N4O4/c1-6-35-17-9-7-16(8-10-17)25-29-26-28-20-14-27(2,3)15-21(32)23(20)24(31(26)30-25)19-12-11-18(33-4)13-22(19)34-5/h7-13,24H,6,14-15H2,1-5H3,(H,28,29,30). The van der Waals surface area contributed by atoms with Crippen LogP contribution in [-0.2, 0) is 4.79 Å². The summed E-state index contributed by atoms with van der Waals surface area (Å²) in [6.07, 6.45) is 1.21. The van der Waals surface area contributed by atoms with Crippen LogP contribution in [0.15, 0.2) is 53.7 Å². The molecule has 1 N–H and O–H groups in total. The van der Waals surface area contributed by atoms with Gasteiger partial charge in [0.05, 0.1) is 20.8 Å². The number of nitrogens with zero attached hydrogens (tertiary/aromatic N) is 3. The number of ether oxygens (including phenoxy) is 3. The third-order valence-electron chi connectivity index (χ3n) is 6.49. The van der Waals surface area contributed by atoms with E-state index in [4.69, 9.17) is 24.3 Å². The van der Waals surface area contributed by atoms with E-state index in [2.05, 4.69) is 19.2 Å². The van der Waals surface area contributed by atoms with Gasteiger partial charge in [-0.25, -0.2) is 4.68 Å². The van der Waals surface area contributed by atoms with Gasteiger partial charge >= 0.3 is 0 Å². The summed E-state index contributed by atoms with van der Waals surface area (Å²) in [5.41, 5.74) is 3.16. The molecule has 1 atom stereocenters. The van der Waals surface area contributed by atoms with E-state index in [1.165, 1.54) is 0 Å². The Bertz CT molecular complexity index is 1310. The summed E-state index contributed by atoms with van der Waals surface area (Å²) in [6, 6.07) is 12.9. The molecule has 0 amide bonds. The van der Waals surface area contributed by atoms with Crippen LogP contribution in [0.3, 0.4) is 0 Å². The van der Waals surface area contributed by atoms with E-state index < -0.39 is 6.04 Å². The van der Waals surface area contributed by atoms with Gasteiger partial charge in [-0.1, -0.05) is 13.8 Å². The minimum atomic E-state index is -0.463. The Kier molecular flexibility index (Phi) is 5.75. The number of aromatic nitrogens is 3. The van der Waals surface area contributed by atoms with E-state index in [-0.39, 0.29) is 11.2 Å². The number of benzene rings is 2. The number of hydrogen-bond acceptors (Lipinski definition) is 7. The maximum Gasteiger partial charge on any atom is 0.226 e. The lowest BCUT2D eigenvalue weighted by Gasteiger charge is -2.38. The van der Waals surface area contributed by atoms with Gasteiger partial charge in [-0.3, -0.25) is 4.79 Å². The topological polar surface area (TPSA) is 87.5 Å². The lowest BCUT2D eigenvalue weighted by atomic mass is 9.73. The Morgan fingerprint density at radius 1 is 1.06 bits per heavy atom. The zero-order chi connectivity index (χ0) is 24.7. The van der Waals surface area contributed by atoms with E-state index in [0.29, 0.717) is 41.9 Å². The summed E-state index contributed by atoms with van der Waals surface area (Å²) in [6.45, 7) is 6.79. The number of Topliss-reactive ketones (excluding diaryl/α,β-unsaturated/α-hetero) is 1. The van der Waals surface area contributed by atoms with Gasteiger partial charge in [0.1, 0.15) is 23.3 Å². The van der Waals surface area contributed by atoms with Crippen LogP contribution >= 0.6 is 0 Å². The SMILES string of the molecule is CCOc1ccc(-c2nc3n(n2)C(c2ccc(OC)cc2OC)C2=C(CC(C)(C)CC2=O)N3)cc1. The van der Waals surface area contributed by atoms with Gasteiger partial charge in [0.25, 0.3) is 0 Å². The van der Waals surface area contributed by atoms with Crippen molar-refractivity contribution in [1.29, 1.82) is 0 Å². The van der Waals surface area contributed by atoms with Crippen LogP contribution in [0, 0.1) is 5.41 Å². The van der Waals surface area contributed by atoms with Crippen molar-refractivity contribution in [2.45, 2.75) is 39.7 Å². The van der Waals surface area contributed by atoms with Gasteiger partial charge in [-0.05, 0) is 55.2 Å². The van der Waals surface area contributed by atoms with Crippen LogP contribution in [0.4, 0.5) is 5.95 Å². The van der Waals surface area contributed by atoms with Crippen molar-refractivity contribution in [2.75, 3.05) is 26.1 Å². The van der Waals surface area contributed by atoms with Gasteiger partial charge < -0.3 is 19.5 Å². The van der Waals surface area contributed by atoms with Crippen LogP contribution in [0.25, 0.3) is 11.4 Å². The summed E-state index contributed by atoms with van der Waals surface area (Å²) in [7, 11) is 3.24. The highest BCUT2D eigenvalue weighted by Crippen LogP contribution is 2.47. The van der Waals surface area contributed by atoms with Gasteiger partial charge in [-0.15, -0.1) is 5.10 Å². The monoisotopic (exact) mass is 474 g/mol. The van der Waals surface area contributed by atoms with Crippen LogP contribution in [0.5, 0.6) is 17.2 Å². The first kappa shape index (κ1) is 23.0. The molecule has 8 nitrogen and oxygen atoms in total. The van der Waals surface area contributed by atoms with Crippen LogP contribution < -0.4 is 19.5 Å². The summed E-state index contributed by atoms with van der Waals surface area (Å²) < 4.78 is 18.5. The largest absolute Gasteiger partial charge is 0.497 e. The molecule has 0 spiro atoms. The Balaban J connectivity index is 1.65. The maximum absolute atomic E-state index is 13.5. The van der Waals surface area contributed by atoms with Crippen LogP contribution in [-0.4, -0.2) is 41.4 Å². The Morgan fingerprint density at radius 3 is 2.49 bits per heavy atom. The fourth-order valence-electron chi connectivity index (χ4n) is 4.93. The quantitative estimate of drug-likeness (QED) is 0.537. The molecule has 0 fully saturated rings. The highest BCUT2D eigenvalue weighted by molar-refractivity contribution is 6.00. The Morgan fingerprint density at radius 2 is 1.80 bits per heavy atom. The van der Waals surface area contributed by atoms with Crippen LogP contribution in [0.2, 0.25) is 0 Å². The zero-order valence-corrected chi connectivity index (χ0v) is 20.7. The molecule has 0 radical (unpaired) electrons. The van der Waals surface area contributed by atoms with Crippen molar-refractivity contribution in [1.82, 2.24) is 14.8 Å². The number of allylic oxidation sites excluding steroid dienone is 2. The number of ketones is 1. The number of rotatable bonds is 6. The van der Waals surface area contributed by atoms with Crippen molar-refractivity contribution in [3.63, 3.8) is 0 Å². The van der Waals surface area contributed by atoms with Crippen molar-refractivity contribution < 1.29 is 19.0 Å². The molecule has 35 heavy (non-hydrogen) atoms. The minimum absolute atomic E-state index is 0.107. The fourth-order valence-corrected chi connectivity index (χ4v) is 4.93. The van der Waals surface area contributed by atoms with Crippen molar-refractivity contribution >= 4 is 11.7 Å².